The molecule has 1 rings (SSSR count). The van der Waals surface area contributed by atoms with Gasteiger partial charge in [-0.3, -0.25) is 4.79 Å². The number of aliphatic hydroxyl groups excluding tert-OH is 1. The zero-order chi connectivity index (χ0) is 16.2. The second-order valence-electron chi connectivity index (χ2n) is 4.61. The summed E-state index contributed by atoms with van der Waals surface area (Å²) in [6.07, 6.45) is 0. The number of hydrogen-bond acceptors (Lipinski definition) is 3. The number of nitrogens with one attached hydrogen (secondary N) is 1. The maximum Gasteiger partial charge on any atom is 0.258 e. The first-order valence-electron chi connectivity index (χ1n) is 6.02. The zero-order valence-electron chi connectivity index (χ0n) is 11.3. The monoisotopic (exact) mass is 369 g/mol. The SMILES string of the molecule is CC(C)C(NC(=O)COc1c(Cl)cc(Cl)cc1Cl)C(O)=S. The molecule has 0 aromatic heterocycles. The van der Waals surface area contributed by atoms with Crippen LogP contribution in [-0.4, -0.2) is 28.7 Å². The van der Waals surface area contributed by atoms with Crippen LogP contribution in [-0.2, 0) is 4.79 Å². The van der Waals surface area contributed by atoms with Crippen molar-refractivity contribution < 1.29 is 14.6 Å². The minimum atomic E-state index is -0.618. The van der Waals surface area contributed by atoms with Crippen LogP contribution >= 0.6 is 47.0 Å². The molecule has 0 spiro atoms. The van der Waals surface area contributed by atoms with E-state index in [2.05, 4.69) is 17.5 Å². The van der Waals surface area contributed by atoms with Gasteiger partial charge < -0.3 is 15.2 Å². The van der Waals surface area contributed by atoms with E-state index in [9.17, 15) is 9.90 Å². The number of halogens is 3. The van der Waals surface area contributed by atoms with E-state index in [4.69, 9.17) is 39.5 Å². The number of carbonyl (C=O) groups is 1. The number of rotatable bonds is 6. The Morgan fingerprint density at radius 1 is 1.33 bits per heavy atom. The van der Waals surface area contributed by atoms with Crippen molar-refractivity contribution >= 4 is 58.0 Å². The van der Waals surface area contributed by atoms with Crippen LogP contribution in [0.4, 0.5) is 0 Å². The molecule has 1 aromatic rings. The Hall–Kier alpha value is -0.750. The molecule has 8 heteroatoms. The van der Waals surface area contributed by atoms with Crippen LogP contribution in [0.1, 0.15) is 13.8 Å². The molecule has 0 radical (unpaired) electrons. The van der Waals surface area contributed by atoms with E-state index < -0.39 is 11.9 Å². The predicted molar refractivity (Wildman–Crippen MR) is 89.0 cm³/mol. The van der Waals surface area contributed by atoms with Gasteiger partial charge in [-0.25, -0.2) is 0 Å². The van der Waals surface area contributed by atoms with Crippen molar-refractivity contribution in [2.45, 2.75) is 19.9 Å². The molecule has 0 fully saturated rings. The number of thiocarbonyl (C=S) groups is 1. The molecule has 0 aliphatic carbocycles. The lowest BCUT2D eigenvalue weighted by Crippen LogP contribution is -2.45. The van der Waals surface area contributed by atoms with Gasteiger partial charge in [-0.15, -0.1) is 0 Å². The first kappa shape index (κ1) is 18.3. The largest absolute Gasteiger partial charge is 0.500 e. The number of amides is 1. The van der Waals surface area contributed by atoms with E-state index in [0.29, 0.717) is 5.02 Å². The van der Waals surface area contributed by atoms with Gasteiger partial charge in [-0.2, -0.15) is 0 Å². The van der Waals surface area contributed by atoms with Crippen molar-refractivity contribution in [1.29, 1.82) is 0 Å². The van der Waals surface area contributed by atoms with Crippen molar-refractivity contribution in [2.75, 3.05) is 6.61 Å². The zero-order valence-corrected chi connectivity index (χ0v) is 14.4. The number of aliphatic hydroxyl groups is 1. The van der Waals surface area contributed by atoms with E-state index in [0.717, 1.165) is 0 Å². The molecule has 4 nitrogen and oxygen atoms in total. The molecular formula is C13H14Cl3NO3S. The number of hydrogen-bond donors (Lipinski definition) is 2. The molecule has 0 aliphatic rings. The quantitative estimate of drug-likeness (QED) is 0.742. The third kappa shape index (κ3) is 5.51. The second-order valence-corrected chi connectivity index (χ2v) is 6.28. The average Bonchev–Trinajstić information content (AvgIpc) is 2.33. The van der Waals surface area contributed by atoms with E-state index in [1.54, 1.807) is 0 Å². The fourth-order valence-corrected chi connectivity index (χ4v) is 2.79. The maximum atomic E-state index is 11.8. The van der Waals surface area contributed by atoms with Crippen molar-refractivity contribution in [3.05, 3.63) is 27.2 Å². The van der Waals surface area contributed by atoms with Gasteiger partial charge >= 0.3 is 0 Å². The highest BCUT2D eigenvalue weighted by atomic mass is 35.5. The smallest absolute Gasteiger partial charge is 0.258 e. The van der Waals surface area contributed by atoms with Crippen LogP contribution in [0.2, 0.25) is 15.1 Å². The summed E-state index contributed by atoms with van der Waals surface area (Å²) in [5.74, 6) is -0.327. The van der Waals surface area contributed by atoms with Crippen molar-refractivity contribution in [3.8, 4) is 5.75 Å². The van der Waals surface area contributed by atoms with Crippen molar-refractivity contribution in [2.24, 2.45) is 5.92 Å². The van der Waals surface area contributed by atoms with Crippen molar-refractivity contribution in [1.82, 2.24) is 5.32 Å². The lowest BCUT2D eigenvalue weighted by atomic mass is 10.1. The molecule has 1 unspecified atom stereocenters. The molecule has 0 bridgehead atoms. The molecule has 116 valence electrons. The summed E-state index contributed by atoms with van der Waals surface area (Å²) in [6.45, 7) is 3.33. The Morgan fingerprint density at radius 3 is 2.29 bits per heavy atom. The lowest BCUT2D eigenvalue weighted by molar-refractivity contribution is -0.123. The van der Waals surface area contributed by atoms with Gasteiger partial charge in [0.05, 0.1) is 16.1 Å². The minimum Gasteiger partial charge on any atom is -0.500 e. The Morgan fingerprint density at radius 2 is 1.86 bits per heavy atom. The number of benzene rings is 1. The van der Waals surface area contributed by atoms with Gasteiger partial charge in [0.15, 0.2) is 17.4 Å². The normalized spacial score (nSPS) is 12.1. The highest BCUT2D eigenvalue weighted by molar-refractivity contribution is 7.80. The first-order chi connectivity index (χ1) is 9.72. The Kier molecular flexibility index (Phi) is 7.00. The Labute approximate surface area is 143 Å². The highest BCUT2D eigenvalue weighted by Gasteiger charge is 2.21. The molecule has 0 aliphatic heterocycles. The van der Waals surface area contributed by atoms with Crippen LogP contribution in [0.5, 0.6) is 5.75 Å². The summed E-state index contributed by atoms with van der Waals surface area (Å²) in [5, 5.41) is 12.4. The van der Waals surface area contributed by atoms with E-state index in [1.807, 2.05) is 13.8 Å². The van der Waals surface area contributed by atoms with E-state index >= 15 is 0 Å². The maximum absolute atomic E-state index is 11.8. The minimum absolute atomic E-state index is 0.0471. The number of ether oxygens (including phenoxy) is 1. The van der Waals surface area contributed by atoms with Gasteiger partial charge in [0.2, 0.25) is 0 Å². The summed E-state index contributed by atoms with van der Waals surface area (Å²) < 4.78 is 5.29. The topological polar surface area (TPSA) is 58.6 Å². The summed E-state index contributed by atoms with van der Waals surface area (Å²) in [6, 6.07) is 2.30. The lowest BCUT2D eigenvalue weighted by Gasteiger charge is -2.20. The molecule has 1 amide bonds. The van der Waals surface area contributed by atoms with Gasteiger partial charge in [0.25, 0.3) is 5.91 Å². The Bertz CT molecular complexity index is 528. The van der Waals surface area contributed by atoms with E-state index in [-0.39, 0.29) is 33.4 Å². The molecule has 1 aromatic carbocycles. The van der Waals surface area contributed by atoms with E-state index in [1.165, 1.54) is 12.1 Å². The predicted octanol–water partition coefficient (Wildman–Crippen LogP) is 4.05. The molecule has 2 N–H and O–H groups in total. The molecule has 21 heavy (non-hydrogen) atoms. The van der Waals surface area contributed by atoms with Gasteiger partial charge in [-0.05, 0) is 30.3 Å². The third-order valence-electron chi connectivity index (χ3n) is 2.56. The Balaban J connectivity index is 2.67. The molecule has 0 saturated carbocycles. The first-order valence-corrected chi connectivity index (χ1v) is 7.56. The molecule has 1 atom stereocenters. The molecule has 0 saturated heterocycles. The van der Waals surface area contributed by atoms with Gasteiger partial charge in [-0.1, -0.05) is 48.7 Å². The standard InChI is InChI=1S/C13H14Cl3NO3S/c1-6(2)11(13(19)21)17-10(18)5-20-12-8(15)3-7(14)4-9(12)16/h3-4,6,11H,5H2,1-2H3,(H,17,18)(H,19,21). The molecular weight excluding hydrogens is 357 g/mol. The van der Waals surface area contributed by atoms with Crippen molar-refractivity contribution in [3.63, 3.8) is 0 Å². The van der Waals surface area contributed by atoms with Crippen LogP contribution in [0.3, 0.4) is 0 Å². The summed E-state index contributed by atoms with van der Waals surface area (Å²) in [5.41, 5.74) is 0. The average molecular weight is 371 g/mol. The summed E-state index contributed by atoms with van der Waals surface area (Å²) in [4.78, 5) is 11.8. The van der Waals surface area contributed by atoms with Crippen LogP contribution in [0.15, 0.2) is 12.1 Å². The van der Waals surface area contributed by atoms with Crippen LogP contribution in [0, 0.1) is 5.92 Å². The second kappa shape index (κ2) is 8.03. The van der Waals surface area contributed by atoms with Gasteiger partial charge in [0, 0.05) is 5.02 Å². The third-order valence-corrected chi connectivity index (χ3v) is 3.59. The van der Waals surface area contributed by atoms with Gasteiger partial charge in [0.1, 0.15) is 0 Å². The van der Waals surface area contributed by atoms with Crippen LogP contribution < -0.4 is 10.1 Å². The molecule has 0 heterocycles. The fourth-order valence-electron chi connectivity index (χ4n) is 1.53. The highest BCUT2D eigenvalue weighted by Crippen LogP contribution is 2.35. The van der Waals surface area contributed by atoms with Crippen LogP contribution in [0.25, 0.3) is 0 Å². The number of carbonyl (C=O) groups excluding carboxylic acids is 1. The fraction of sp³-hybridized carbons (Fsp3) is 0.385. The summed E-state index contributed by atoms with van der Waals surface area (Å²) in [7, 11) is 0. The summed E-state index contributed by atoms with van der Waals surface area (Å²) >= 11 is 22.3.